The summed E-state index contributed by atoms with van der Waals surface area (Å²) in [7, 11) is 1.72. The van der Waals surface area contributed by atoms with E-state index in [1.54, 1.807) is 7.11 Å². The van der Waals surface area contributed by atoms with Crippen molar-refractivity contribution in [2.75, 3.05) is 13.8 Å². The second-order valence-electron chi connectivity index (χ2n) is 7.81. The van der Waals surface area contributed by atoms with Crippen LogP contribution in [-0.4, -0.2) is 13.8 Å². The van der Waals surface area contributed by atoms with Crippen LogP contribution in [0.4, 0.5) is 0 Å². The van der Waals surface area contributed by atoms with Crippen molar-refractivity contribution in [2.45, 2.75) is 20.0 Å². The summed E-state index contributed by atoms with van der Waals surface area (Å²) in [5.74, 6) is 0.893. The number of hydrogen-bond acceptors (Lipinski definition) is 1. The zero-order chi connectivity index (χ0) is 22.2. The fraction of sp³-hybridized carbons (Fsp3) is 0.172. The molecular weight excluding hydrogens is 431 g/mol. The van der Waals surface area contributed by atoms with Gasteiger partial charge in [0.2, 0.25) is 0 Å². The second-order valence-corrected chi connectivity index (χ2v) is 13.3. The van der Waals surface area contributed by atoms with E-state index in [1.165, 1.54) is 21.5 Å². The summed E-state index contributed by atoms with van der Waals surface area (Å²) in [6, 6.07) is 41.7. The maximum atomic E-state index is 5.39. The van der Waals surface area contributed by atoms with Crippen LogP contribution in [0, 0.1) is 0 Å². The van der Waals surface area contributed by atoms with Crippen LogP contribution < -0.4 is 20.7 Å². The average molecular weight is 465 g/mol. The zero-order valence-corrected chi connectivity index (χ0v) is 21.2. The molecule has 0 aliphatic heterocycles. The third-order valence-electron chi connectivity index (χ3n) is 6.10. The van der Waals surface area contributed by atoms with Crippen LogP contribution in [0.1, 0.15) is 19.4 Å². The molecule has 0 radical (unpaired) electrons. The monoisotopic (exact) mass is 464 g/mol. The molecule has 0 saturated carbocycles. The quantitative estimate of drug-likeness (QED) is 0.285. The van der Waals surface area contributed by atoms with Gasteiger partial charge in [0, 0.05) is 0 Å². The van der Waals surface area contributed by atoms with Gasteiger partial charge >= 0.3 is 174 Å². The van der Waals surface area contributed by atoms with Crippen molar-refractivity contribution in [3.05, 3.63) is 121 Å². The molecule has 0 saturated heterocycles. The zero-order valence-electron chi connectivity index (χ0n) is 19.4. The van der Waals surface area contributed by atoms with Crippen molar-refractivity contribution in [1.29, 1.82) is 0 Å². The van der Waals surface area contributed by atoms with Crippen molar-refractivity contribution in [2.24, 2.45) is 0 Å². The van der Waals surface area contributed by atoms with Crippen molar-refractivity contribution >= 4 is 34.9 Å². The molecule has 4 aromatic rings. The van der Waals surface area contributed by atoms with Gasteiger partial charge in [-0.1, -0.05) is 13.8 Å². The maximum Gasteiger partial charge on any atom is -0.147 e. The predicted octanol–water partition coefficient (Wildman–Crippen LogP) is 6.80. The normalized spacial score (nSPS) is 11.7. The van der Waals surface area contributed by atoms with Gasteiger partial charge in [-0.3, -0.25) is 0 Å². The van der Waals surface area contributed by atoms with Crippen molar-refractivity contribution in [1.82, 2.24) is 0 Å². The van der Waals surface area contributed by atoms with Gasteiger partial charge in [-0.05, 0) is 0 Å². The number of rotatable bonds is 6. The minimum atomic E-state index is -2.75. The first-order chi connectivity index (χ1) is 15.1. The molecule has 0 aromatic heterocycles. The standard InChI is InChI=1S/C27H27OP.C2H6.ClH/c1-28-24-20-18-23(19-21-24)22-29(2,25-12-6-3-7-13-25,26-14-8-4-9-15-26)27-16-10-5-11-17-27;1-2;/h3-21H,22H2,1-2H3;1-2H3;1H. The predicted molar refractivity (Wildman–Crippen MR) is 146 cm³/mol. The van der Waals surface area contributed by atoms with Gasteiger partial charge in [0.05, 0.1) is 0 Å². The molecule has 0 bridgehead atoms. The minimum Gasteiger partial charge on any atom is -0.147 e. The molecule has 0 atom stereocenters. The molecule has 0 aliphatic carbocycles. The van der Waals surface area contributed by atoms with Gasteiger partial charge in [0.15, 0.2) is 0 Å². The fourth-order valence-electron chi connectivity index (χ4n) is 4.40. The second kappa shape index (κ2) is 11.3. The summed E-state index contributed by atoms with van der Waals surface area (Å²) in [5.41, 5.74) is 1.32. The third-order valence-corrected chi connectivity index (χ3v) is 12.3. The molecule has 0 amide bonds. The molecule has 0 fully saturated rings. The number of hydrogen-bond donors (Lipinski definition) is 0. The Labute approximate surface area is 199 Å². The molecule has 168 valence electrons. The molecule has 0 unspecified atom stereocenters. The maximum absolute atomic E-state index is 5.39. The van der Waals surface area contributed by atoms with Gasteiger partial charge in [-0.15, -0.1) is 12.4 Å². The van der Waals surface area contributed by atoms with E-state index < -0.39 is 6.60 Å². The molecule has 1 nitrogen and oxygen atoms in total. The Hall–Kier alpha value is -2.60. The SMILES string of the molecule is CC.COc1ccc(CP(C)(c2ccccc2)(c2ccccc2)c2ccccc2)cc1.Cl. The average Bonchev–Trinajstić information content (AvgIpc) is 2.87. The summed E-state index contributed by atoms with van der Waals surface area (Å²) in [6.07, 6.45) is 0.966. The van der Waals surface area contributed by atoms with Gasteiger partial charge in [0.1, 0.15) is 0 Å². The van der Waals surface area contributed by atoms with Crippen molar-refractivity contribution < 1.29 is 4.74 Å². The molecule has 0 N–H and O–H groups in total. The van der Waals surface area contributed by atoms with Crippen LogP contribution in [0.15, 0.2) is 115 Å². The first-order valence-electron chi connectivity index (χ1n) is 11.0. The van der Waals surface area contributed by atoms with Gasteiger partial charge < -0.3 is 0 Å². The molecule has 3 heteroatoms. The largest absolute Gasteiger partial charge is 0.147 e. The first kappa shape index (κ1) is 25.7. The van der Waals surface area contributed by atoms with E-state index in [4.69, 9.17) is 4.74 Å². The topological polar surface area (TPSA) is 9.23 Å². The molecular formula is C29H34ClOP. The Kier molecular flexibility index (Phi) is 9.08. The molecule has 4 aromatic carbocycles. The Balaban J connectivity index is 0.00000118. The first-order valence-corrected chi connectivity index (χ1v) is 13.8. The van der Waals surface area contributed by atoms with E-state index in [9.17, 15) is 0 Å². The van der Waals surface area contributed by atoms with Crippen LogP contribution >= 0.6 is 19.0 Å². The summed E-state index contributed by atoms with van der Waals surface area (Å²) in [4.78, 5) is 0. The van der Waals surface area contributed by atoms with Crippen LogP contribution in [0.25, 0.3) is 0 Å². The Morgan fingerprint density at radius 2 is 0.906 bits per heavy atom. The van der Waals surface area contributed by atoms with Crippen LogP contribution in [0.3, 0.4) is 0 Å². The molecule has 32 heavy (non-hydrogen) atoms. The van der Waals surface area contributed by atoms with E-state index >= 15 is 0 Å². The summed E-state index contributed by atoms with van der Waals surface area (Å²) in [6.45, 7) is 3.76. The number of halogens is 1. The molecule has 0 spiro atoms. The molecule has 4 rings (SSSR count). The Morgan fingerprint density at radius 1 is 0.562 bits per heavy atom. The summed E-state index contributed by atoms with van der Waals surface area (Å²) >= 11 is 0. The number of ether oxygens (including phenoxy) is 1. The fourth-order valence-corrected chi connectivity index (χ4v) is 9.91. The summed E-state index contributed by atoms with van der Waals surface area (Å²) < 4.78 is 5.39. The third kappa shape index (κ3) is 4.75. The van der Waals surface area contributed by atoms with Gasteiger partial charge in [-0.2, -0.15) is 0 Å². The van der Waals surface area contributed by atoms with Crippen molar-refractivity contribution in [3.8, 4) is 5.75 Å². The Morgan fingerprint density at radius 3 is 1.22 bits per heavy atom. The number of methoxy groups -OCH3 is 1. The van der Waals surface area contributed by atoms with E-state index in [0.717, 1.165) is 11.9 Å². The van der Waals surface area contributed by atoms with Crippen LogP contribution in [0.5, 0.6) is 5.75 Å². The van der Waals surface area contributed by atoms with E-state index in [0.29, 0.717) is 0 Å². The smallest absolute Gasteiger partial charge is 0.147 e. The van der Waals surface area contributed by atoms with Crippen LogP contribution in [-0.2, 0) is 6.16 Å². The van der Waals surface area contributed by atoms with E-state index in [-0.39, 0.29) is 12.4 Å². The van der Waals surface area contributed by atoms with Crippen molar-refractivity contribution in [3.63, 3.8) is 0 Å². The molecule has 0 aliphatic rings. The van der Waals surface area contributed by atoms with E-state index in [1.807, 2.05) is 13.8 Å². The summed E-state index contributed by atoms with van der Waals surface area (Å²) in [5, 5.41) is 4.23. The van der Waals surface area contributed by atoms with E-state index in [2.05, 4.69) is 122 Å². The number of benzene rings is 4. The minimum absolute atomic E-state index is 0. The Bertz CT molecular complexity index is 965. The van der Waals surface area contributed by atoms with Crippen LogP contribution in [0.2, 0.25) is 0 Å². The van der Waals surface area contributed by atoms with Gasteiger partial charge in [0.25, 0.3) is 0 Å². The molecule has 0 heterocycles. The van der Waals surface area contributed by atoms with Gasteiger partial charge in [-0.25, -0.2) is 0 Å².